The molecule has 0 unspecified atom stereocenters. The van der Waals surface area contributed by atoms with Crippen molar-refractivity contribution >= 4 is 22.9 Å². The smallest absolute Gasteiger partial charge is 0.278 e. The summed E-state index contributed by atoms with van der Waals surface area (Å²) in [6.07, 6.45) is 1.24. The van der Waals surface area contributed by atoms with Crippen molar-refractivity contribution in [1.82, 2.24) is 9.97 Å². The van der Waals surface area contributed by atoms with Gasteiger partial charge in [-0.15, -0.1) is 11.3 Å². The molecule has 3 aromatic heterocycles. The molecule has 0 saturated carbocycles. The molecule has 3 heterocycles. The van der Waals surface area contributed by atoms with E-state index in [2.05, 4.69) is 15.3 Å². The van der Waals surface area contributed by atoms with Gasteiger partial charge >= 0.3 is 0 Å². The van der Waals surface area contributed by atoms with Crippen LogP contribution in [-0.4, -0.2) is 30.1 Å². The third-order valence-electron chi connectivity index (χ3n) is 3.01. The lowest BCUT2D eigenvalue weighted by Crippen LogP contribution is -2.14. The van der Waals surface area contributed by atoms with Crippen LogP contribution in [0.15, 0.2) is 40.5 Å². The molecule has 0 aliphatic rings. The topological polar surface area (TPSA) is 86.5 Å². The molecule has 7 nitrogen and oxygen atoms in total. The maximum absolute atomic E-state index is 12.5. The van der Waals surface area contributed by atoms with Gasteiger partial charge in [-0.25, -0.2) is 4.98 Å². The molecule has 0 aliphatic carbocycles. The normalized spacial score (nSPS) is 10.3. The van der Waals surface area contributed by atoms with Gasteiger partial charge in [-0.2, -0.15) is 4.98 Å². The first-order valence-electron chi connectivity index (χ1n) is 6.60. The number of methoxy groups -OCH3 is 2. The van der Waals surface area contributed by atoms with Crippen LogP contribution in [-0.2, 0) is 0 Å². The van der Waals surface area contributed by atoms with Crippen molar-refractivity contribution in [2.45, 2.75) is 0 Å². The van der Waals surface area contributed by atoms with Gasteiger partial charge < -0.3 is 19.2 Å². The number of hydrogen-bond acceptors (Lipinski definition) is 7. The van der Waals surface area contributed by atoms with Gasteiger partial charge in [0.25, 0.3) is 5.91 Å². The zero-order valence-electron chi connectivity index (χ0n) is 12.4. The highest BCUT2D eigenvalue weighted by Crippen LogP contribution is 2.29. The molecule has 0 aromatic carbocycles. The number of nitrogens with zero attached hydrogens (tertiary/aromatic N) is 2. The minimum atomic E-state index is -0.410. The van der Waals surface area contributed by atoms with E-state index in [4.69, 9.17) is 13.9 Å². The molecule has 118 valence electrons. The molecule has 23 heavy (non-hydrogen) atoms. The highest BCUT2D eigenvalue weighted by Gasteiger charge is 2.20. The lowest BCUT2D eigenvalue weighted by Gasteiger charge is -2.09. The lowest BCUT2D eigenvalue weighted by molar-refractivity contribution is 0.102. The van der Waals surface area contributed by atoms with Gasteiger partial charge in [0, 0.05) is 6.07 Å². The summed E-state index contributed by atoms with van der Waals surface area (Å²) in [5.41, 5.74) is 0.615. The summed E-state index contributed by atoms with van der Waals surface area (Å²) in [6.45, 7) is 0. The molecule has 0 saturated heterocycles. The maximum atomic E-state index is 12.5. The summed E-state index contributed by atoms with van der Waals surface area (Å²) in [5, 5.41) is 4.62. The van der Waals surface area contributed by atoms with E-state index in [9.17, 15) is 4.79 Å². The third-order valence-corrected chi connectivity index (χ3v) is 3.88. The molecule has 0 spiro atoms. The SMILES string of the molecule is COc1ccc(NC(=O)c2ncoc2-c2cccs2)c(OC)n1. The van der Waals surface area contributed by atoms with E-state index in [-0.39, 0.29) is 11.6 Å². The van der Waals surface area contributed by atoms with Gasteiger partial charge in [-0.05, 0) is 17.5 Å². The highest BCUT2D eigenvalue weighted by molar-refractivity contribution is 7.13. The minimum absolute atomic E-state index is 0.199. The molecule has 0 bridgehead atoms. The number of pyridine rings is 1. The predicted octanol–water partition coefficient (Wildman–Crippen LogP) is 3.07. The molecule has 1 N–H and O–H groups in total. The van der Waals surface area contributed by atoms with Crippen LogP contribution in [0, 0.1) is 0 Å². The van der Waals surface area contributed by atoms with Crippen LogP contribution in [0.5, 0.6) is 11.8 Å². The second kappa shape index (κ2) is 6.49. The zero-order valence-corrected chi connectivity index (χ0v) is 13.2. The number of anilines is 1. The van der Waals surface area contributed by atoms with E-state index in [0.29, 0.717) is 17.3 Å². The van der Waals surface area contributed by atoms with Crippen molar-refractivity contribution in [3.63, 3.8) is 0 Å². The fourth-order valence-electron chi connectivity index (χ4n) is 1.96. The number of hydrogen-bond donors (Lipinski definition) is 1. The summed E-state index contributed by atoms with van der Waals surface area (Å²) in [7, 11) is 2.97. The molecular weight excluding hydrogens is 318 g/mol. The van der Waals surface area contributed by atoms with Crippen LogP contribution in [0.2, 0.25) is 0 Å². The Labute approximate surface area is 135 Å². The Bertz CT molecular complexity index is 814. The molecule has 1 amide bonds. The molecule has 0 atom stereocenters. The van der Waals surface area contributed by atoms with Crippen molar-refractivity contribution in [2.24, 2.45) is 0 Å². The highest BCUT2D eigenvalue weighted by atomic mass is 32.1. The Kier molecular flexibility index (Phi) is 4.24. The molecule has 3 aromatic rings. The first-order chi connectivity index (χ1) is 11.2. The largest absolute Gasteiger partial charge is 0.481 e. The number of ether oxygens (including phenoxy) is 2. The van der Waals surface area contributed by atoms with Crippen LogP contribution in [0.25, 0.3) is 10.6 Å². The van der Waals surface area contributed by atoms with Gasteiger partial charge in [0.2, 0.25) is 11.8 Å². The molecule has 0 fully saturated rings. The third kappa shape index (κ3) is 3.02. The van der Waals surface area contributed by atoms with Crippen LogP contribution in [0.3, 0.4) is 0 Å². The standard InChI is InChI=1S/C15H13N3O4S/c1-20-11-6-5-9(15(18-11)21-2)17-14(19)12-13(22-8-16-12)10-4-3-7-23-10/h3-8H,1-2H3,(H,17,19). The number of carbonyl (C=O) groups excluding carboxylic acids is 1. The first-order valence-corrected chi connectivity index (χ1v) is 7.48. The van der Waals surface area contributed by atoms with E-state index in [1.54, 1.807) is 12.1 Å². The average Bonchev–Trinajstić information content (AvgIpc) is 3.25. The Morgan fingerprint density at radius 2 is 2.13 bits per heavy atom. The Morgan fingerprint density at radius 1 is 1.26 bits per heavy atom. The fraction of sp³-hybridized carbons (Fsp3) is 0.133. The van der Waals surface area contributed by atoms with Crippen molar-refractivity contribution in [2.75, 3.05) is 19.5 Å². The first kappa shape index (κ1) is 15.0. The Morgan fingerprint density at radius 3 is 2.83 bits per heavy atom. The number of rotatable bonds is 5. The summed E-state index contributed by atoms with van der Waals surface area (Å²) in [4.78, 5) is 21.4. The maximum Gasteiger partial charge on any atom is 0.278 e. The summed E-state index contributed by atoms with van der Waals surface area (Å²) in [5.74, 6) is 0.657. The second-order valence-electron chi connectivity index (χ2n) is 4.37. The van der Waals surface area contributed by atoms with E-state index in [1.165, 1.54) is 32.0 Å². The number of nitrogens with one attached hydrogen (secondary N) is 1. The molecule has 3 rings (SSSR count). The quantitative estimate of drug-likeness (QED) is 0.773. The number of thiophene rings is 1. The summed E-state index contributed by atoms with van der Waals surface area (Å²) in [6, 6.07) is 7.01. The van der Waals surface area contributed by atoms with Gasteiger partial charge in [0.15, 0.2) is 17.8 Å². The number of oxazole rings is 1. The van der Waals surface area contributed by atoms with Crippen molar-refractivity contribution in [1.29, 1.82) is 0 Å². The predicted molar refractivity (Wildman–Crippen MR) is 85.1 cm³/mol. The minimum Gasteiger partial charge on any atom is -0.481 e. The van der Waals surface area contributed by atoms with E-state index < -0.39 is 5.91 Å². The Balaban J connectivity index is 1.87. The lowest BCUT2D eigenvalue weighted by atomic mass is 10.2. The van der Waals surface area contributed by atoms with Crippen molar-refractivity contribution in [3.05, 3.63) is 41.7 Å². The molecular formula is C15H13N3O4S. The zero-order chi connectivity index (χ0) is 16.2. The molecule has 0 aliphatic heterocycles. The molecule has 8 heteroatoms. The summed E-state index contributed by atoms with van der Waals surface area (Å²) < 4.78 is 15.5. The van der Waals surface area contributed by atoms with Crippen LogP contribution >= 0.6 is 11.3 Å². The molecule has 0 radical (unpaired) electrons. The second-order valence-corrected chi connectivity index (χ2v) is 5.32. The van der Waals surface area contributed by atoms with Gasteiger partial charge in [-0.3, -0.25) is 4.79 Å². The monoisotopic (exact) mass is 331 g/mol. The number of carbonyl (C=O) groups is 1. The van der Waals surface area contributed by atoms with E-state index in [0.717, 1.165) is 4.88 Å². The average molecular weight is 331 g/mol. The van der Waals surface area contributed by atoms with Crippen LogP contribution < -0.4 is 14.8 Å². The van der Waals surface area contributed by atoms with E-state index in [1.807, 2.05) is 17.5 Å². The van der Waals surface area contributed by atoms with Crippen LogP contribution in [0.4, 0.5) is 5.69 Å². The summed E-state index contributed by atoms with van der Waals surface area (Å²) >= 11 is 1.46. The Hall–Kier alpha value is -2.87. The van der Waals surface area contributed by atoms with Gasteiger partial charge in [0.1, 0.15) is 5.69 Å². The van der Waals surface area contributed by atoms with Crippen LogP contribution in [0.1, 0.15) is 10.5 Å². The fourth-order valence-corrected chi connectivity index (χ4v) is 2.67. The number of aromatic nitrogens is 2. The van der Waals surface area contributed by atoms with Crippen molar-refractivity contribution in [3.8, 4) is 22.4 Å². The van der Waals surface area contributed by atoms with Gasteiger partial charge in [0.05, 0.1) is 19.1 Å². The number of amides is 1. The van der Waals surface area contributed by atoms with Gasteiger partial charge in [-0.1, -0.05) is 6.07 Å². The van der Waals surface area contributed by atoms with Crippen molar-refractivity contribution < 1.29 is 18.7 Å². The van der Waals surface area contributed by atoms with E-state index >= 15 is 0 Å².